The van der Waals surface area contributed by atoms with Crippen LogP contribution in [0.4, 0.5) is 0 Å². The van der Waals surface area contributed by atoms with E-state index in [1.807, 2.05) is 6.07 Å². The minimum absolute atomic E-state index is 0.360. The molecule has 1 aromatic carbocycles. The molecular formula is C13H18BrN3O2S. The van der Waals surface area contributed by atoms with Gasteiger partial charge in [-0.3, -0.25) is 4.90 Å². The summed E-state index contributed by atoms with van der Waals surface area (Å²) in [5, 5.41) is 3.31. The lowest BCUT2D eigenvalue weighted by molar-refractivity contribution is 0.0773. The van der Waals surface area contributed by atoms with Gasteiger partial charge in [0.25, 0.3) is 0 Å². The fraction of sp³-hybridized carbons (Fsp3) is 0.538. The zero-order valence-electron chi connectivity index (χ0n) is 11.1. The second-order valence-electron chi connectivity index (χ2n) is 5.19. The Hall–Kier alpha value is -0.470. The van der Waals surface area contributed by atoms with Crippen molar-refractivity contribution in [1.82, 2.24) is 14.5 Å². The molecule has 0 spiro atoms. The van der Waals surface area contributed by atoms with Crippen molar-refractivity contribution in [2.24, 2.45) is 0 Å². The van der Waals surface area contributed by atoms with Gasteiger partial charge in [0, 0.05) is 49.8 Å². The van der Waals surface area contributed by atoms with Crippen molar-refractivity contribution >= 4 is 26.0 Å². The summed E-state index contributed by atoms with van der Waals surface area (Å²) in [6.07, 6.45) is 0. The van der Waals surface area contributed by atoms with Crippen LogP contribution in [0.5, 0.6) is 0 Å². The molecule has 2 heterocycles. The number of nitrogens with one attached hydrogen (secondary N) is 1. The average molecular weight is 360 g/mol. The van der Waals surface area contributed by atoms with Crippen molar-refractivity contribution < 1.29 is 8.42 Å². The molecule has 5 nitrogen and oxygen atoms in total. The SMILES string of the molecule is O=S(=O)(c1ccccc1Br)N1CC(N2CCNCC2)C1. The fourth-order valence-electron chi connectivity index (χ4n) is 2.68. The predicted molar refractivity (Wildman–Crippen MR) is 81.1 cm³/mol. The van der Waals surface area contributed by atoms with E-state index in [1.165, 1.54) is 0 Å². The summed E-state index contributed by atoms with van der Waals surface area (Å²) >= 11 is 3.32. The molecule has 0 aliphatic carbocycles. The molecule has 0 bridgehead atoms. The summed E-state index contributed by atoms with van der Waals surface area (Å²) in [6.45, 7) is 5.20. The molecule has 110 valence electrons. The van der Waals surface area contributed by atoms with Gasteiger partial charge < -0.3 is 5.32 Å². The van der Waals surface area contributed by atoms with Crippen LogP contribution >= 0.6 is 15.9 Å². The maximum atomic E-state index is 12.5. The Morgan fingerprint density at radius 2 is 1.80 bits per heavy atom. The summed E-state index contributed by atoms with van der Waals surface area (Å²) in [5.41, 5.74) is 0. The van der Waals surface area contributed by atoms with Gasteiger partial charge in [0.05, 0.1) is 4.90 Å². The summed E-state index contributed by atoms with van der Waals surface area (Å²) in [4.78, 5) is 2.74. The van der Waals surface area contributed by atoms with Gasteiger partial charge in [0.15, 0.2) is 0 Å². The van der Waals surface area contributed by atoms with Crippen LogP contribution < -0.4 is 5.32 Å². The van der Waals surface area contributed by atoms with Crippen LogP contribution in [0.25, 0.3) is 0 Å². The van der Waals surface area contributed by atoms with E-state index >= 15 is 0 Å². The summed E-state index contributed by atoms with van der Waals surface area (Å²) in [6, 6.07) is 7.36. The Morgan fingerprint density at radius 1 is 1.15 bits per heavy atom. The molecule has 0 amide bonds. The molecule has 2 aliphatic rings. The first-order chi connectivity index (χ1) is 9.59. The van der Waals surface area contributed by atoms with E-state index in [4.69, 9.17) is 0 Å². The molecule has 0 radical (unpaired) electrons. The molecule has 0 atom stereocenters. The van der Waals surface area contributed by atoms with Crippen LogP contribution in [0.15, 0.2) is 33.6 Å². The van der Waals surface area contributed by atoms with E-state index in [2.05, 4.69) is 26.1 Å². The van der Waals surface area contributed by atoms with E-state index in [0.29, 0.717) is 28.5 Å². The minimum Gasteiger partial charge on any atom is -0.314 e. The molecule has 0 saturated carbocycles. The molecular weight excluding hydrogens is 342 g/mol. The lowest BCUT2D eigenvalue weighted by Gasteiger charge is -2.45. The molecule has 3 rings (SSSR count). The maximum absolute atomic E-state index is 12.5. The lowest BCUT2D eigenvalue weighted by atomic mass is 10.1. The average Bonchev–Trinajstić information content (AvgIpc) is 2.38. The first-order valence-electron chi connectivity index (χ1n) is 6.78. The highest BCUT2D eigenvalue weighted by Gasteiger charge is 2.40. The van der Waals surface area contributed by atoms with E-state index in [0.717, 1.165) is 26.2 Å². The van der Waals surface area contributed by atoms with Gasteiger partial charge in [-0.2, -0.15) is 4.31 Å². The second-order valence-corrected chi connectivity index (χ2v) is 7.95. The molecule has 0 aromatic heterocycles. The van der Waals surface area contributed by atoms with Crippen molar-refractivity contribution in [2.45, 2.75) is 10.9 Å². The first-order valence-corrected chi connectivity index (χ1v) is 9.02. The van der Waals surface area contributed by atoms with Crippen molar-refractivity contribution in [3.05, 3.63) is 28.7 Å². The topological polar surface area (TPSA) is 52.7 Å². The molecule has 2 saturated heterocycles. The molecule has 1 aromatic rings. The van der Waals surface area contributed by atoms with Crippen LogP contribution in [0.1, 0.15) is 0 Å². The van der Waals surface area contributed by atoms with Crippen LogP contribution in [-0.4, -0.2) is 62.9 Å². The third-order valence-corrected chi connectivity index (χ3v) is 6.79. The number of rotatable bonds is 3. The zero-order valence-corrected chi connectivity index (χ0v) is 13.5. The molecule has 2 fully saturated rings. The number of hydrogen-bond acceptors (Lipinski definition) is 4. The van der Waals surface area contributed by atoms with Gasteiger partial charge in [-0.15, -0.1) is 0 Å². The second kappa shape index (κ2) is 5.73. The molecule has 2 aliphatic heterocycles. The van der Waals surface area contributed by atoms with Gasteiger partial charge in [-0.1, -0.05) is 12.1 Å². The smallest absolute Gasteiger partial charge is 0.244 e. The number of benzene rings is 1. The standard InChI is InChI=1S/C13H18BrN3O2S/c14-12-3-1-2-4-13(12)20(18,19)17-9-11(10-17)16-7-5-15-6-8-16/h1-4,11,15H,5-10H2. The van der Waals surface area contributed by atoms with E-state index < -0.39 is 10.0 Å². The van der Waals surface area contributed by atoms with E-state index in [1.54, 1.807) is 22.5 Å². The normalized spacial score (nSPS) is 22.6. The maximum Gasteiger partial charge on any atom is 0.244 e. The summed E-state index contributed by atoms with van der Waals surface area (Å²) in [7, 11) is -3.36. The Morgan fingerprint density at radius 3 is 2.45 bits per heavy atom. The number of piperazine rings is 1. The number of halogens is 1. The highest BCUT2D eigenvalue weighted by atomic mass is 79.9. The van der Waals surface area contributed by atoms with Gasteiger partial charge >= 0.3 is 0 Å². The fourth-order valence-corrected chi connectivity index (χ4v) is 5.16. The van der Waals surface area contributed by atoms with Crippen LogP contribution in [0, 0.1) is 0 Å². The first kappa shape index (κ1) is 14.5. The van der Waals surface area contributed by atoms with Gasteiger partial charge in [-0.25, -0.2) is 8.42 Å². The third kappa shape index (κ3) is 2.65. The number of nitrogens with zero attached hydrogens (tertiary/aromatic N) is 2. The third-order valence-electron chi connectivity index (χ3n) is 3.95. The van der Waals surface area contributed by atoms with Gasteiger partial charge in [0.2, 0.25) is 10.0 Å². The van der Waals surface area contributed by atoms with Crippen LogP contribution in [0.2, 0.25) is 0 Å². The van der Waals surface area contributed by atoms with Crippen molar-refractivity contribution in [3.8, 4) is 0 Å². The highest BCUT2D eigenvalue weighted by Crippen LogP contribution is 2.29. The minimum atomic E-state index is -3.36. The summed E-state index contributed by atoms with van der Waals surface area (Å²) < 4.78 is 27.3. The van der Waals surface area contributed by atoms with Gasteiger partial charge in [0.1, 0.15) is 0 Å². The molecule has 20 heavy (non-hydrogen) atoms. The summed E-state index contributed by atoms with van der Waals surface area (Å²) in [5.74, 6) is 0. The Kier molecular flexibility index (Phi) is 4.14. The quantitative estimate of drug-likeness (QED) is 0.864. The highest BCUT2D eigenvalue weighted by molar-refractivity contribution is 9.10. The predicted octanol–water partition coefficient (Wildman–Crippen LogP) is 0.727. The number of sulfonamides is 1. The van der Waals surface area contributed by atoms with Crippen molar-refractivity contribution in [2.75, 3.05) is 39.3 Å². The largest absolute Gasteiger partial charge is 0.314 e. The van der Waals surface area contributed by atoms with Crippen molar-refractivity contribution in [3.63, 3.8) is 0 Å². The monoisotopic (exact) mass is 359 g/mol. The van der Waals surface area contributed by atoms with Crippen molar-refractivity contribution in [1.29, 1.82) is 0 Å². The Labute approximate surface area is 128 Å². The molecule has 0 unspecified atom stereocenters. The van der Waals surface area contributed by atoms with Crippen LogP contribution in [-0.2, 0) is 10.0 Å². The number of hydrogen-bond donors (Lipinski definition) is 1. The van der Waals surface area contributed by atoms with E-state index in [9.17, 15) is 8.42 Å². The lowest BCUT2D eigenvalue weighted by Crippen LogP contribution is -2.63. The molecule has 1 N–H and O–H groups in total. The Balaban J connectivity index is 1.68. The Bertz CT molecular complexity index is 581. The van der Waals surface area contributed by atoms with Crippen LogP contribution in [0.3, 0.4) is 0 Å². The molecule has 7 heteroatoms. The van der Waals surface area contributed by atoms with Gasteiger partial charge in [-0.05, 0) is 28.1 Å². The zero-order chi connectivity index (χ0) is 14.2. The van der Waals surface area contributed by atoms with E-state index in [-0.39, 0.29) is 0 Å².